The van der Waals surface area contributed by atoms with Crippen LogP contribution in [0.25, 0.3) is 0 Å². The van der Waals surface area contributed by atoms with E-state index in [1.54, 1.807) is 19.2 Å². The maximum Gasteiger partial charge on any atom is 0.0748 e. The van der Waals surface area contributed by atoms with E-state index in [1.807, 2.05) is 4.90 Å². The van der Waals surface area contributed by atoms with Crippen molar-refractivity contribution in [1.29, 1.82) is 0 Å². The molecule has 4 nitrogen and oxygen atoms in total. The summed E-state index contributed by atoms with van der Waals surface area (Å²) in [6.45, 7) is 1.57. The fraction of sp³-hybridized carbons (Fsp3) is 0.455. The lowest BCUT2D eigenvalue weighted by molar-refractivity contribution is 0.203. The maximum absolute atomic E-state index is 9.04. The Labute approximate surface area is 111 Å². The lowest BCUT2D eigenvalue weighted by Gasteiger charge is -2.25. The molecule has 0 heterocycles. The Kier molecular flexibility index (Phi) is 5.85. The number of hydrogen-bond acceptors (Lipinski definition) is 4. The summed E-state index contributed by atoms with van der Waals surface area (Å²) < 4.78 is 5.01. The van der Waals surface area contributed by atoms with E-state index in [0.29, 0.717) is 41.1 Å². The van der Waals surface area contributed by atoms with Crippen molar-refractivity contribution in [3.63, 3.8) is 0 Å². The number of nitrogens with zero attached hydrogens (tertiary/aromatic N) is 1. The van der Waals surface area contributed by atoms with Crippen molar-refractivity contribution < 1.29 is 9.84 Å². The Morgan fingerprint density at radius 3 is 2.35 bits per heavy atom. The Hall–Kier alpha value is -0.680. The van der Waals surface area contributed by atoms with Gasteiger partial charge in [0.05, 0.1) is 28.9 Å². The summed E-state index contributed by atoms with van der Waals surface area (Å²) in [7, 11) is 1.61. The minimum atomic E-state index is 0.0146. The largest absolute Gasteiger partial charge is 0.399 e. The van der Waals surface area contributed by atoms with E-state index in [-0.39, 0.29) is 6.61 Å². The highest BCUT2D eigenvalue weighted by atomic mass is 35.5. The summed E-state index contributed by atoms with van der Waals surface area (Å²) in [4.78, 5) is 1.87. The van der Waals surface area contributed by atoms with Gasteiger partial charge in [-0.15, -0.1) is 0 Å². The van der Waals surface area contributed by atoms with Crippen LogP contribution in [0.2, 0.25) is 10.0 Å². The SMILES string of the molecule is COCCN(CCO)c1c(Cl)cc(N)cc1Cl. The molecule has 0 fully saturated rings. The molecule has 0 aromatic heterocycles. The Bertz CT molecular complexity index is 351. The molecular formula is C11H16Cl2N2O2. The molecule has 1 rings (SSSR count). The third kappa shape index (κ3) is 3.92. The molecule has 1 aromatic rings. The zero-order valence-electron chi connectivity index (χ0n) is 9.62. The van der Waals surface area contributed by atoms with Crippen molar-refractivity contribution in [2.45, 2.75) is 0 Å². The van der Waals surface area contributed by atoms with Gasteiger partial charge < -0.3 is 20.5 Å². The lowest BCUT2D eigenvalue weighted by atomic mass is 10.2. The van der Waals surface area contributed by atoms with Crippen LogP contribution < -0.4 is 10.6 Å². The molecule has 0 aliphatic heterocycles. The molecule has 0 aliphatic rings. The standard InChI is InChI=1S/C11H16Cl2N2O2/c1-17-5-3-15(2-4-16)11-9(12)6-8(14)7-10(11)13/h6-7,16H,2-5,14H2,1H3. The monoisotopic (exact) mass is 278 g/mol. The van der Waals surface area contributed by atoms with Gasteiger partial charge in [0.15, 0.2) is 0 Å². The van der Waals surface area contributed by atoms with E-state index >= 15 is 0 Å². The zero-order chi connectivity index (χ0) is 12.8. The highest BCUT2D eigenvalue weighted by Crippen LogP contribution is 2.35. The molecule has 0 atom stereocenters. The second-order valence-corrected chi connectivity index (χ2v) is 4.35. The maximum atomic E-state index is 9.04. The molecule has 0 bridgehead atoms. The van der Waals surface area contributed by atoms with Gasteiger partial charge in [-0.2, -0.15) is 0 Å². The van der Waals surface area contributed by atoms with E-state index in [9.17, 15) is 0 Å². The number of nitrogen functional groups attached to an aromatic ring is 1. The number of ether oxygens (including phenoxy) is 1. The molecule has 17 heavy (non-hydrogen) atoms. The lowest BCUT2D eigenvalue weighted by Crippen LogP contribution is -2.30. The first-order valence-electron chi connectivity index (χ1n) is 5.19. The predicted octanol–water partition coefficient (Wildman–Crippen LogP) is 2.02. The van der Waals surface area contributed by atoms with Gasteiger partial charge >= 0.3 is 0 Å². The quantitative estimate of drug-likeness (QED) is 0.782. The molecule has 0 radical (unpaired) electrons. The number of methoxy groups -OCH3 is 1. The molecule has 0 saturated carbocycles. The van der Waals surface area contributed by atoms with Crippen LogP contribution in [0.5, 0.6) is 0 Å². The second kappa shape index (κ2) is 6.91. The highest BCUT2D eigenvalue weighted by molar-refractivity contribution is 6.39. The number of rotatable bonds is 6. The van der Waals surface area contributed by atoms with E-state index in [2.05, 4.69) is 0 Å². The van der Waals surface area contributed by atoms with Gasteiger partial charge in [0, 0.05) is 25.9 Å². The Morgan fingerprint density at radius 2 is 1.88 bits per heavy atom. The van der Waals surface area contributed by atoms with Crippen LogP contribution in [0.4, 0.5) is 11.4 Å². The molecular weight excluding hydrogens is 263 g/mol. The van der Waals surface area contributed by atoms with E-state index in [0.717, 1.165) is 0 Å². The van der Waals surface area contributed by atoms with Crippen molar-refractivity contribution in [1.82, 2.24) is 0 Å². The number of aliphatic hydroxyl groups is 1. The molecule has 6 heteroatoms. The predicted molar refractivity (Wildman–Crippen MR) is 72.0 cm³/mol. The fourth-order valence-electron chi connectivity index (χ4n) is 1.54. The zero-order valence-corrected chi connectivity index (χ0v) is 11.1. The summed E-state index contributed by atoms with van der Waals surface area (Å²) in [6, 6.07) is 3.28. The van der Waals surface area contributed by atoms with E-state index in [4.69, 9.17) is 38.8 Å². The van der Waals surface area contributed by atoms with Crippen LogP contribution in [-0.2, 0) is 4.74 Å². The van der Waals surface area contributed by atoms with Gasteiger partial charge in [0.1, 0.15) is 0 Å². The third-order valence-corrected chi connectivity index (χ3v) is 2.87. The van der Waals surface area contributed by atoms with Crippen LogP contribution in [0.15, 0.2) is 12.1 Å². The van der Waals surface area contributed by atoms with Crippen LogP contribution in [0, 0.1) is 0 Å². The van der Waals surface area contributed by atoms with Crippen molar-refractivity contribution >= 4 is 34.6 Å². The van der Waals surface area contributed by atoms with Crippen LogP contribution in [-0.4, -0.2) is 38.5 Å². The number of anilines is 2. The first kappa shape index (κ1) is 14.4. The van der Waals surface area contributed by atoms with Crippen molar-refractivity contribution in [3.05, 3.63) is 22.2 Å². The first-order chi connectivity index (χ1) is 8.10. The Morgan fingerprint density at radius 1 is 1.29 bits per heavy atom. The summed E-state index contributed by atoms with van der Waals surface area (Å²) in [6.07, 6.45) is 0. The van der Waals surface area contributed by atoms with Gasteiger partial charge in [0.2, 0.25) is 0 Å². The average Bonchev–Trinajstić information content (AvgIpc) is 2.24. The number of nitrogens with two attached hydrogens (primary N) is 1. The van der Waals surface area contributed by atoms with Gasteiger partial charge in [-0.25, -0.2) is 0 Å². The minimum absolute atomic E-state index is 0.0146. The highest BCUT2D eigenvalue weighted by Gasteiger charge is 2.14. The van der Waals surface area contributed by atoms with Gasteiger partial charge in [-0.3, -0.25) is 0 Å². The van der Waals surface area contributed by atoms with Crippen LogP contribution in [0.1, 0.15) is 0 Å². The summed E-state index contributed by atoms with van der Waals surface area (Å²) in [5.74, 6) is 0. The van der Waals surface area contributed by atoms with Crippen LogP contribution >= 0.6 is 23.2 Å². The van der Waals surface area contributed by atoms with Crippen LogP contribution in [0.3, 0.4) is 0 Å². The number of halogens is 2. The molecule has 0 saturated heterocycles. The normalized spacial score (nSPS) is 10.6. The summed E-state index contributed by atoms with van der Waals surface area (Å²) in [5, 5.41) is 9.98. The number of benzene rings is 1. The first-order valence-corrected chi connectivity index (χ1v) is 5.95. The second-order valence-electron chi connectivity index (χ2n) is 3.54. The third-order valence-electron chi connectivity index (χ3n) is 2.29. The number of hydrogen-bond donors (Lipinski definition) is 2. The van der Waals surface area contributed by atoms with E-state index in [1.165, 1.54) is 0 Å². The van der Waals surface area contributed by atoms with Crippen molar-refractivity contribution in [2.75, 3.05) is 44.0 Å². The Balaban J connectivity index is 3.00. The molecule has 0 unspecified atom stereocenters. The molecule has 96 valence electrons. The van der Waals surface area contributed by atoms with Gasteiger partial charge in [0.25, 0.3) is 0 Å². The topological polar surface area (TPSA) is 58.7 Å². The van der Waals surface area contributed by atoms with Crippen molar-refractivity contribution in [2.24, 2.45) is 0 Å². The fourth-order valence-corrected chi connectivity index (χ4v) is 2.29. The smallest absolute Gasteiger partial charge is 0.0748 e. The average molecular weight is 279 g/mol. The van der Waals surface area contributed by atoms with Crippen molar-refractivity contribution in [3.8, 4) is 0 Å². The molecule has 3 N–H and O–H groups in total. The molecule has 0 spiro atoms. The van der Waals surface area contributed by atoms with Gasteiger partial charge in [-0.05, 0) is 12.1 Å². The molecule has 0 amide bonds. The number of aliphatic hydroxyl groups excluding tert-OH is 1. The molecule has 0 aliphatic carbocycles. The molecule has 1 aromatic carbocycles. The van der Waals surface area contributed by atoms with E-state index < -0.39 is 0 Å². The minimum Gasteiger partial charge on any atom is -0.399 e. The van der Waals surface area contributed by atoms with Gasteiger partial charge in [-0.1, -0.05) is 23.2 Å². The summed E-state index contributed by atoms with van der Waals surface area (Å²) >= 11 is 12.2. The summed E-state index contributed by atoms with van der Waals surface area (Å²) in [5.41, 5.74) is 6.83.